The molecule has 2 aromatic rings. The Bertz CT molecular complexity index is 682. The van der Waals surface area contributed by atoms with Crippen LogP contribution in [-0.4, -0.2) is 24.1 Å². The number of aromatic nitrogens is 1. The SMILES string of the molecule is CCNC(=NCc1ccccc1OCC)NCc1csc(C(C)C)n1. The number of hydrogen-bond acceptors (Lipinski definition) is 4. The topological polar surface area (TPSA) is 58.5 Å². The van der Waals surface area contributed by atoms with Crippen molar-refractivity contribution in [1.29, 1.82) is 0 Å². The average molecular weight is 361 g/mol. The van der Waals surface area contributed by atoms with E-state index in [4.69, 9.17) is 4.74 Å². The molecule has 6 heteroatoms. The molecule has 1 aromatic carbocycles. The third kappa shape index (κ3) is 6.05. The van der Waals surface area contributed by atoms with Crippen molar-refractivity contribution >= 4 is 17.3 Å². The highest BCUT2D eigenvalue weighted by molar-refractivity contribution is 7.09. The normalized spacial score (nSPS) is 11.6. The highest BCUT2D eigenvalue weighted by Gasteiger charge is 2.07. The summed E-state index contributed by atoms with van der Waals surface area (Å²) in [4.78, 5) is 9.33. The molecule has 0 saturated heterocycles. The minimum Gasteiger partial charge on any atom is -0.494 e. The number of ether oxygens (including phenoxy) is 1. The summed E-state index contributed by atoms with van der Waals surface area (Å²) in [5.74, 6) is 2.15. The Balaban J connectivity index is 2.00. The van der Waals surface area contributed by atoms with Crippen molar-refractivity contribution in [1.82, 2.24) is 15.6 Å². The average Bonchev–Trinajstić information content (AvgIpc) is 3.08. The molecule has 1 aromatic heterocycles. The zero-order chi connectivity index (χ0) is 18.1. The second-order valence-corrected chi connectivity index (χ2v) is 6.81. The quantitative estimate of drug-likeness (QED) is 0.553. The van der Waals surface area contributed by atoms with Crippen molar-refractivity contribution in [2.24, 2.45) is 4.99 Å². The highest BCUT2D eigenvalue weighted by atomic mass is 32.1. The molecule has 0 saturated carbocycles. The van der Waals surface area contributed by atoms with E-state index in [1.807, 2.05) is 31.2 Å². The van der Waals surface area contributed by atoms with Gasteiger partial charge in [-0.3, -0.25) is 0 Å². The van der Waals surface area contributed by atoms with Gasteiger partial charge in [0.2, 0.25) is 0 Å². The van der Waals surface area contributed by atoms with E-state index in [-0.39, 0.29) is 0 Å². The molecule has 0 atom stereocenters. The van der Waals surface area contributed by atoms with Crippen molar-refractivity contribution < 1.29 is 4.74 Å². The zero-order valence-electron chi connectivity index (χ0n) is 15.5. The number of rotatable bonds is 8. The van der Waals surface area contributed by atoms with Crippen molar-refractivity contribution in [2.45, 2.75) is 46.7 Å². The third-order valence-electron chi connectivity index (χ3n) is 3.52. The molecule has 5 nitrogen and oxygen atoms in total. The monoisotopic (exact) mass is 360 g/mol. The lowest BCUT2D eigenvalue weighted by atomic mass is 10.2. The highest BCUT2D eigenvalue weighted by Crippen LogP contribution is 2.19. The number of guanidine groups is 1. The Morgan fingerprint density at radius 3 is 2.72 bits per heavy atom. The number of hydrogen-bond donors (Lipinski definition) is 2. The molecule has 2 rings (SSSR count). The number of para-hydroxylation sites is 1. The van der Waals surface area contributed by atoms with Crippen LogP contribution in [0.4, 0.5) is 0 Å². The maximum atomic E-state index is 5.66. The van der Waals surface area contributed by atoms with E-state index in [1.54, 1.807) is 11.3 Å². The molecule has 0 bridgehead atoms. The molecule has 25 heavy (non-hydrogen) atoms. The van der Waals surface area contributed by atoms with Crippen molar-refractivity contribution in [3.05, 3.63) is 45.9 Å². The van der Waals surface area contributed by atoms with Crippen LogP contribution in [0, 0.1) is 0 Å². The van der Waals surface area contributed by atoms with Gasteiger partial charge >= 0.3 is 0 Å². The largest absolute Gasteiger partial charge is 0.494 e. The smallest absolute Gasteiger partial charge is 0.191 e. The van der Waals surface area contributed by atoms with Crippen LogP contribution in [0.3, 0.4) is 0 Å². The predicted molar refractivity (Wildman–Crippen MR) is 105 cm³/mol. The second kappa shape index (κ2) is 10.0. The number of nitrogens with zero attached hydrogens (tertiary/aromatic N) is 2. The lowest BCUT2D eigenvalue weighted by Crippen LogP contribution is -2.36. The molecule has 0 aliphatic carbocycles. The van der Waals surface area contributed by atoms with Crippen LogP contribution in [0.2, 0.25) is 0 Å². The molecule has 0 aliphatic heterocycles. The first-order valence-corrected chi connectivity index (χ1v) is 9.69. The van der Waals surface area contributed by atoms with E-state index >= 15 is 0 Å². The van der Waals surface area contributed by atoms with Gasteiger partial charge in [0, 0.05) is 23.4 Å². The fraction of sp³-hybridized carbons (Fsp3) is 0.474. The summed E-state index contributed by atoms with van der Waals surface area (Å²) in [7, 11) is 0. The summed E-state index contributed by atoms with van der Waals surface area (Å²) in [6.45, 7) is 11.1. The Kier molecular flexibility index (Phi) is 7.73. The fourth-order valence-electron chi connectivity index (χ4n) is 2.28. The van der Waals surface area contributed by atoms with Gasteiger partial charge < -0.3 is 15.4 Å². The standard InChI is InChI=1S/C19H28N4OS/c1-5-20-19(22-12-16-13-25-18(23-16)14(3)4)21-11-15-9-7-8-10-17(15)24-6-2/h7-10,13-14H,5-6,11-12H2,1-4H3,(H2,20,21,22). The molecule has 2 N–H and O–H groups in total. The van der Waals surface area contributed by atoms with Gasteiger partial charge in [-0.2, -0.15) is 0 Å². The summed E-state index contributed by atoms with van der Waals surface area (Å²) in [5.41, 5.74) is 2.13. The van der Waals surface area contributed by atoms with Crippen molar-refractivity contribution in [2.75, 3.05) is 13.2 Å². The lowest BCUT2D eigenvalue weighted by Gasteiger charge is -2.12. The van der Waals surface area contributed by atoms with Gasteiger partial charge in [0.1, 0.15) is 5.75 Å². The van der Waals surface area contributed by atoms with Crippen LogP contribution in [0.5, 0.6) is 5.75 Å². The summed E-state index contributed by atoms with van der Waals surface area (Å²) < 4.78 is 5.66. The van der Waals surface area contributed by atoms with E-state index in [1.165, 1.54) is 5.01 Å². The van der Waals surface area contributed by atoms with Gasteiger partial charge in [-0.1, -0.05) is 32.0 Å². The van der Waals surface area contributed by atoms with Crippen LogP contribution >= 0.6 is 11.3 Å². The van der Waals surface area contributed by atoms with Crippen LogP contribution in [0.1, 0.15) is 49.9 Å². The third-order valence-corrected chi connectivity index (χ3v) is 4.72. The van der Waals surface area contributed by atoms with Gasteiger partial charge in [-0.05, 0) is 19.9 Å². The molecular formula is C19H28N4OS. The van der Waals surface area contributed by atoms with Crippen LogP contribution < -0.4 is 15.4 Å². The number of nitrogens with one attached hydrogen (secondary N) is 2. The second-order valence-electron chi connectivity index (χ2n) is 5.92. The number of aliphatic imine (C=N–C) groups is 1. The first kappa shape index (κ1) is 19.2. The van der Waals surface area contributed by atoms with Crippen molar-refractivity contribution in [3.8, 4) is 5.75 Å². The first-order chi connectivity index (χ1) is 12.1. The van der Waals surface area contributed by atoms with E-state index in [0.29, 0.717) is 25.6 Å². The number of benzene rings is 1. The van der Waals surface area contributed by atoms with Gasteiger partial charge in [-0.15, -0.1) is 11.3 Å². The van der Waals surface area contributed by atoms with E-state index in [9.17, 15) is 0 Å². The molecular weight excluding hydrogens is 332 g/mol. The van der Waals surface area contributed by atoms with Gasteiger partial charge in [0.05, 0.1) is 30.4 Å². The summed E-state index contributed by atoms with van der Waals surface area (Å²) in [6.07, 6.45) is 0. The van der Waals surface area contributed by atoms with Gasteiger partial charge in [0.15, 0.2) is 5.96 Å². The molecule has 0 fully saturated rings. The van der Waals surface area contributed by atoms with Crippen LogP contribution in [0.25, 0.3) is 0 Å². The molecule has 0 unspecified atom stereocenters. The lowest BCUT2D eigenvalue weighted by molar-refractivity contribution is 0.336. The fourth-order valence-corrected chi connectivity index (χ4v) is 3.11. The van der Waals surface area contributed by atoms with Crippen LogP contribution in [0.15, 0.2) is 34.6 Å². The Hall–Kier alpha value is -2.08. The first-order valence-electron chi connectivity index (χ1n) is 8.81. The maximum Gasteiger partial charge on any atom is 0.191 e. The Labute approximate surface area is 154 Å². The van der Waals surface area contributed by atoms with Crippen LogP contribution in [-0.2, 0) is 13.1 Å². The van der Waals surface area contributed by atoms with E-state index in [2.05, 4.69) is 46.8 Å². The molecule has 0 amide bonds. The minimum absolute atomic E-state index is 0.468. The van der Waals surface area contributed by atoms with E-state index in [0.717, 1.165) is 29.5 Å². The van der Waals surface area contributed by atoms with Crippen molar-refractivity contribution in [3.63, 3.8) is 0 Å². The summed E-state index contributed by atoms with van der Waals surface area (Å²) in [6, 6.07) is 8.03. The Morgan fingerprint density at radius 1 is 1.24 bits per heavy atom. The molecule has 136 valence electrons. The summed E-state index contributed by atoms with van der Waals surface area (Å²) in [5, 5.41) is 9.91. The molecule has 1 heterocycles. The van der Waals surface area contributed by atoms with E-state index < -0.39 is 0 Å². The number of thiazole rings is 1. The molecule has 0 radical (unpaired) electrons. The minimum atomic E-state index is 0.468. The molecule has 0 spiro atoms. The maximum absolute atomic E-state index is 5.66. The Morgan fingerprint density at radius 2 is 2.04 bits per heavy atom. The zero-order valence-corrected chi connectivity index (χ0v) is 16.3. The van der Waals surface area contributed by atoms with Gasteiger partial charge in [0.25, 0.3) is 0 Å². The predicted octanol–water partition coefficient (Wildman–Crippen LogP) is 3.92. The summed E-state index contributed by atoms with van der Waals surface area (Å²) >= 11 is 1.71. The van der Waals surface area contributed by atoms with Gasteiger partial charge in [-0.25, -0.2) is 9.98 Å². The molecule has 0 aliphatic rings.